The number of carbonyl (C=O) groups excluding carboxylic acids is 2. The number of piperidine rings is 1. The number of carboxylic acids is 1. The van der Waals surface area contributed by atoms with Crippen molar-refractivity contribution in [3.05, 3.63) is 54.2 Å². The van der Waals surface area contributed by atoms with Gasteiger partial charge in [0, 0.05) is 63.2 Å². The number of unbranched alkanes of at least 4 members (excludes halogenated alkanes) is 1. The van der Waals surface area contributed by atoms with Crippen molar-refractivity contribution in [3.63, 3.8) is 0 Å². The Hall–Kier alpha value is -3.89. The molecule has 2 amide bonds. The average Bonchev–Trinajstić information content (AvgIpc) is 3.79. The van der Waals surface area contributed by atoms with E-state index in [1.807, 2.05) is 23.1 Å². The second kappa shape index (κ2) is 13.4. The molecule has 2 aromatic carbocycles. The first kappa shape index (κ1) is 30.1. The Balaban J connectivity index is 1.25. The standard InChI is InChI=1S/C34H42N4O6/c1-43-18-4-16-37-30-20-26(10-11-31(30)44-22-32(37)39)38(25-8-9-25)34(42)28-21-35-14-12-27(28)24-7-6-23-13-17-36(29(23)19-24)15-3-2-5-33(40)41/h6-7,10-11,13,17,19-20,25,27-28,35H,2-5,8-9,12,14-16,18,21-22H2,1H3,(H,40,41)/t27-,28+/m1/s1. The quantitative estimate of drug-likeness (QED) is 0.276. The van der Waals surface area contributed by atoms with Crippen molar-refractivity contribution in [2.45, 2.75) is 63.5 Å². The molecule has 0 bridgehead atoms. The Kier molecular flexibility index (Phi) is 9.18. The maximum absolute atomic E-state index is 14.5. The maximum atomic E-state index is 14.5. The molecule has 2 N–H and O–H groups in total. The van der Waals surface area contributed by atoms with E-state index in [0.29, 0.717) is 44.0 Å². The number of nitrogens with one attached hydrogen (secondary N) is 1. The molecule has 2 aliphatic heterocycles. The van der Waals surface area contributed by atoms with Crippen molar-refractivity contribution >= 4 is 40.1 Å². The first-order chi connectivity index (χ1) is 21.4. The third kappa shape index (κ3) is 6.46. The molecule has 1 saturated heterocycles. The summed E-state index contributed by atoms with van der Waals surface area (Å²) in [6, 6.07) is 14.6. The highest BCUT2D eigenvalue weighted by atomic mass is 16.5. The topological polar surface area (TPSA) is 113 Å². The number of aryl methyl sites for hydroxylation is 1. The van der Waals surface area contributed by atoms with Gasteiger partial charge in [-0.1, -0.05) is 12.1 Å². The van der Waals surface area contributed by atoms with E-state index in [9.17, 15) is 14.4 Å². The maximum Gasteiger partial charge on any atom is 0.303 e. The van der Waals surface area contributed by atoms with Crippen LogP contribution in [0, 0.1) is 5.92 Å². The molecule has 1 aliphatic carbocycles. The number of rotatable bonds is 13. The number of ether oxygens (including phenoxy) is 2. The molecule has 10 nitrogen and oxygen atoms in total. The number of aromatic nitrogens is 1. The van der Waals surface area contributed by atoms with Gasteiger partial charge in [0.2, 0.25) is 5.91 Å². The average molecular weight is 603 g/mol. The number of carbonyl (C=O) groups is 3. The summed E-state index contributed by atoms with van der Waals surface area (Å²) in [5.41, 5.74) is 3.80. The third-order valence-corrected chi connectivity index (χ3v) is 9.11. The zero-order chi connectivity index (χ0) is 30.6. The van der Waals surface area contributed by atoms with Crippen LogP contribution < -0.4 is 19.9 Å². The van der Waals surface area contributed by atoms with Gasteiger partial charge in [-0.15, -0.1) is 0 Å². The van der Waals surface area contributed by atoms with Crippen LogP contribution in [0.4, 0.5) is 11.4 Å². The number of aliphatic carboxylic acids is 1. The van der Waals surface area contributed by atoms with Crippen LogP contribution in [0.3, 0.4) is 0 Å². The molecule has 1 aromatic heterocycles. The van der Waals surface area contributed by atoms with Gasteiger partial charge in [-0.2, -0.15) is 0 Å². The Morgan fingerprint density at radius 2 is 1.93 bits per heavy atom. The van der Waals surface area contributed by atoms with Crippen LogP contribution in [0.1, 0.15) is 56.4 Å². The Bertz CT molecular complexity index is 1510. The minimum Gasteiger partial charge on any atom is -0.482 e. The van der Waals surface area contributed by atoms with E-state index in [1.165, 1.54) is 0 Å². The molecule has 0 spiro atoms. The highest BCUT2D eigenvalue weighted by molar-refractivity contribution is 6.01. The second-order valence-corrected chi connectivity index (χ2v) is 12.2. The van der Waals surface area contributed by atoms with Crippen molar-refractivity contribution in [2.75, 3.05) is 49.8 Å². The Labute approximate surface area is 257 Å². The first-order valence-corrected chi connectivity index (χ1v) is 15.8. The molecule has 2 atom stereocenters. The van der Waals surface area contributed by atoms with Crippen LogP contribution in [0.5, 0.6) is 5.75 Å². The summed E-state index contributed by atoms with van der Waals surface area (Å²) in [7, 11) is 1.65. The molecular weight excluding hydrogens is 560 g/mol. The fourth-order valence-corrected chi connectivity index (χ4v) is 6.68. The van der Waals surface area contributed by atoms with Gasteiger partial charge in [-0.25, -0.2) is 0 Å². The van der Waals surface area contributed by atoms with Crippen molar-refractivity contribution in [3.8, 4) is 5.75 Å². The Morgan fingerprint density at radius 3 is 2.73 bits per heavy atom. The van der Waals surface area contributed by atoms with Crippen LogP contribution in [0.25, 0.3) is 10.9 Å². The molecule has 3 aromatic rings. The molecule has 6 rings (SSSR count). The zero-order valence-corrected chi connectivity index (χ0v) is 25.4. The van der Waals surface area contributed by atoms with Crippen molar-refractivity contribution in [1.82, 2.24) is 9.88 Å². The monoisotopic (exact) mass is 602 g/mol. The number of hydrogen-bond acceptors (Lipinski definition) is 6. The molecule has 1 saturated carbocycles. The summed E-state index contributed by atoms with van der Waals surface area (Å²) < 4.78 is 13.2. The van der Waals surface area contributed by atoms with Gasteiger partial charge in [0.1, 0.15) is 5.75 Å². The lowest BCUT2D eigenvalue weighted by molar-refractivity contribution is -0.137. The van der Waals surface area contributed by atoms with Crippen LogP contribution >= 0.6 is 0 Å². The number of benzene rings is 2. The fraction of sp³-hybridized carbons (Fsp3) is 0.500. The first-order valence-electron chi connectivity index (χ1n) is 15.8. The highest BCUT2D eigenvalue weighted by Gasteiger charge is 2.41. The largest absolute Gasteiger partial charge is 0.482 e. The highest BCUT2D eigenvalue weighted by Crippen LogP contribution is 2.42. The molecule has 3 heterocycles. The van der Waals surface area contributed by atoms with Gasteiger partial charge in [0.05, 0.1) is 11.6 Å². The molecule has 3 aliphatic rings. The van der Waals surface area contributed by atoms with Crippen LogP contribution in [-0.2, 0) is 25.7 Å². The molecule has 234 valence electrons. The second-order valence-electron chi connectivity index (χ2n) is 12.2. The minimum atomic E-state index is -0.761. The van der Waals surface area contributed by atoms with Gasteiger partial charge in [-0.3, -0.25) is 14.4 Å². The summed E-state index contributed by atoms with van der Waals surface area (Å²) >= 11 is 0. The molecule has 0 radical (unpaired) electrons. The molecule has 10 heteroatoms. The molecule has 2 fully saturated rings. The lowest BCUT2D eigenvalue weighted by Crippen LogP contribution is -2.47. The van der Waals surface area contributed by atoms with Gasteiger partial charge in [0.15, 0.2) is 6.61 Å². The van der Waals surface area contributed by atoms with Crippen LogP contribution in [-0.4, -0.2) is 73.5 Å². The molecular formula is C34H42N4O6. The summed E-state index contributed by atoms with van der Waals surface area (Å²) in [5.74, 6) is -0.240. The van der Waals surface area contributed by atoms with E-state index < -0.39 is 5.97 Å². The smallest absolute Gasteiger partial charge is 0.303 e. The number of anilines is 2. The number of hydrogen-bond donors (Lipinski definition) is 2. The van der Waals surface area contributed by atoms with Gasteiger partial charge in [0.25, 0.3) is 5.91 Å². The lowest BCUT2D eigenvalue weighted by atomic mass is 9.80. The third-order valence-electron chi connectivity index (χ3n) is 9.11. The number of carboxylic acid groups (broad SMARTS) is 1. The summed E-state index contributed by atoms with van der Waals surface area (Å²) in [4.78, 5) is 42.0. The lowest BCUT2D eigenvalue weighted by Gasteiger charge is -2.36. The van der Waals surface area contributed by atoms with Crippen molar-refractivity contribution in [1.29, 1.82) is 0 Å². The van der Waals surface area contributed by atoms with Crippen molar-refractivity contribution in [2.24, 2.45) is 5.92 Å². The van der Waals surface area contributed by atoms with E-state index in [0.717, 1.165) is 60.9 Å². The predicted molar refractivity (Wildman–Crippen MR) is 168 cm³/mol. The summed E-state index contributed by atoms with van der Waals surface area (Å²) in [6.07, 6.45) is 7.18. The van der Waals surface area contributed by atoms with E-state index in [4.69, 9.17) is 14.6 Å². The molecule has 0 unspecified atom stereocenters. The zero-order valence-electron chi connectivity index (χ0n) is 25.4. The van der Waals surface area contributed by atoms with E-state index >= 15 is 0 Å². The van der Waals surface area contributed by atoms with E-state index in [1.54, 1.807) is 12.0 Å². The SMILES string of the molecule is COCCCN1C(=O)COc2ccc(N(C(=O)[C@H]3CNCC[C@@H]3c3ccc4ccn(CCCCC(=O)O)c4c3)C3CC3)cc21. The predicted octanol–water partition coefficient (Wildman–Crippen LogP) is 4.55. The van der Waals surface area contributed by atoms with Gasteiger partial charge < -0.3 is 34.3 Å². The Morgan fingerprint density at radius 1 is 1.07 bits per heavy atom. The minimum absolute atomic E-state index is 0.0100. The molecule has 44 heavy (non-hydrogen) atoms. The number of amides is 2. The van der Waals surface area contributed by atoms with E-state index in [2.05, 4.69) is 40.3 Å². The van der Waals surface area contributed by atoms with Crippen LogP contribution in [0.15, 0.2) is 48.7 Å². The fourth-order valence-electron chi connectivity index (χ4n) is 6.68. The summed E-state index contributed by atoms with van der Waals surface area (Å²) in [6.45, 7) is 3.32. The van der Waals surface area contributed by atoms with Crippen LogP contribution in [0.2, 0.25) is 0 Å². The van der Waals surface area contributed by atoms with Gasteiger partial charge in [-0.05, 0) is 92.3 Å². The van der Waals surface area contributed by atoms with E-state index in [-0.39, 0.29) is 42.7 Å². The van der Waals surface area contributed by atoms with Gasteiger partial charge >= 0.3 is 5.97 Å². The summed E-state index contributed by atoms with van der Waals surface area (Å²) in [5, 5.41) is 13.6. The normalized spacial score (nSPS) is 19.9. The number of nitrogens with zero attached hydrogens (tertiary/aromatic N) is 3. The number of fused-ring (bicyclic) bond motifs is 2. The van der Waals surface area contributed by atoms with Crippen molar-refractivity contribution < 1.29 is 29.0 Å². The number of methoxy groups -OCH3 is 1.